The minimum atomic E-state index is -0.115. The van der Waals surface area contributed by atoms with Gasteiger partial charge in [-0.05, 0) is 49.4 Å². The lowest BCUT2D eigenvalue weighted by Gasteiger charge is -2.10. The second kappa shape index (κ2) is 5.37. The van der Waals surface area contributed by atoms with Crippen molar-refractivity contribution in [1.82, 2.24) is 5.32 Å². The summed E-state index contributed by atoms with van der Waals surface area (Å²) in [5.41, 5.74) is 5.24. The monoisotopic (exact) mass is 269 g/mol. The molecule has 20 heavy (non-hydrogen) atoms. The van der Waals surface area contributed by atoms with Crippen LogP contribution < -0.4 is 5.32 Å². The summed E-state index contributed by atoms with van der Waals surface area (Å²) in [6.07, 6.45) is 2.45. The van der Waals surface area contributed by atoms with Crippen molar-refractivity contribution < 1.29 is 4.39 Å². The van der Waals surface area contributed by atoms with Crippen LogP contribution in [0.3, 0.4) is 0 Å². The van der Waals surface area contributed by atoms with E-state index in [0.717, 1.165) is 16.7 Å². The zero-order valence-electron chi connectivity index (χ0n) is 12.0. The molecule has 0 aromatic heterocycles. The molecule has 0 saturated heterocycles. The van der Waals surface area contributed by atoms with Gasteiger partial charge in [-0.3, -0.25) is 0 Å². The van der Waals surface area contributed by atoms with Gasteiger partial charge in [-0.1, -0.05) is 35.9 Å². The van der Waals surface area contributed by atoms with Crippen molar-refractivity contribution in [2.45, 2.75) is 39.3 Å². The summed E-state index contributed by atoms with van der Waals surface area (Å²) in [7, 11) is 0. The van der Waals surface area contributed by atoms with Gasteiger partial charge < -0.3 is 5.32 Å². The third-order valence-corrected chi connectivity index (χ3v) is 3.90. The van der Waals surface area contributed by atoms with E-state index in [0.29, 0.717) is 12.6 Å². The van der Waals surface area contributed by atoms with E-state index in [2.05, 4.69) is 37.4 Å². The van der Waals surface area contributed by atoms with Crippen molar-refractivity contribution in [2.75, 3.05) is 0 Å². The maximum absolute atomic E-state index is 14.2. The lowest BCUT2D eigenvalue weighted by atomic mass is 9.97. The Kier molecular flexibility index (Phi) is 3.58. The molecule has 2 aromatic carbocycles. The van der Waals surface area contributed by atoms with Crippen LogP contribution in [0.1, 0.15) is 29.5 Å². The normalized spacial score (nSPS) is 14.6. The summed E-state index contributed by atoms with van der Waals surface area (Å²) in [6, 6.07) is 12.5. The zero-order valence-corrected chi connectivity index (χ0v) is 12.0. The van der Waals surface area contributed by atoms with Gasteiger partial charge in [0.2, 0.25) is 0 Å². The molecule has 0 heterocycles. The van der Waals surface area contributed by atoms with Crippen molar-refractivity contribution in [3.63, 3.8) is 0 Å². The molecule has 0 amide bonds. The predicted octanol–water partition coefficient (Wildman–Crippen LogP) is 4.36. The maximum atomic E-state index is 14.2. The van der Waals surface area contributed by atoms with Gasteiger partial charge >= 0.3 is 0 Å². The molecule has 0 radical (unpaired) electrons. The molecule has 0 spiro atoms. The molecule has 0 unspecified atom stereocenters. The van der Waals surface area contributed by atoms with Crippen LogP contribution >= 0.6 is 0 Å². The smallest absolute Gasteiger partial charge is 0.128 e. The topological polar surface area (TPSA) is 12.0 Å². The van der Waals surface area contributed by atoms with Crippen LogP contribution in [0.25, 0.3) is 11.1 Å². The molecule has 3 rings (SSSR count). The SMILES string of the molecule is Cc1ccc(-c2ccc(CNC3CC3)c(F)c2)c(C)c1. The van der Waals surface area contributed by atoms with Gasteiger partial charge in [0.05, 0.1) is 0 Å². The van der Waals surface area contributed by atoms with E-state index in [1.165, 1.54) is 24.0 Å². The highest BCUT2D eigenvalue weighted by Gasteiger charge is 2.20. The van der Waals surface area contributed by atoms with Crippen LogP contribution in [-0.2, 0) is 6.54 Å². The summed E-state index contributed by atoms with van der Waals surface area (Å²) in [5.74, 6) is -0.115. The number of hydrogen-bond acceptors (Lipinski definition) is 1. The highest BCUT2D eigenvalue weighted by atomic mass is 19.1. The van der Waals surface area contributed by atoms with Gasteiger partial charge in [-0.25, -0.2) is 4.39 Å². The molecule has 2 aromatic rings. The van der Waals surface area contributed by atoms with E-state index in [4.69, 9.17) is 0 Å². The van der Waals surface area contributed by atoms with Gasteiger partial charge in [0.15, 0.2) is 0 Å². The molecule has 1 N–H and O–H groups in total. The lowest BCUT2D eigenvalue weighted by Crippen LogP contribution is -2.16. The number of benzene rings is 2. The molecular weight excluding hydrogens is 249 g/mol. The first-order valence-corrected chi connectivity index (χ1v) is 7.23. The molecule has 0 aliphatic heterocycles. The summed E-state index contributed by atoms with van der Waals surface area (Å²) >= 11 is 0. The highest BCUT2D eigenvalue weighted by Crippen LogP contribution is 2.26. The Balaban J connectivity index is 1.84. The van der Waals surface area contributed by atoms with E-state index in [9.17, 15) is 4.39 Å². The predicted molar refractivity (Wildman–Crippen MR) is 81.2 cm³/mol. The van der Waals surface area contributed by atoms with E-state index < -0.39 is 0 Å². The van der Waals surface area contributed by atoms with Crippen LogP contribution in [-0.4, -0.2) is 6.04 Å². The second-order valence-corrected chi connectivity index (χ2v) is 5.78. The molecular formula is C18H20FN. The average molecular weight is 269 g/mol. The molecule has 104 valence electrons. The van der Waals surface area contributed by atoms with Crippen molar-refractivity contribution in [1.29, 1.82) is 0 Å². The van der Waals surface area contributed by atoms with Crippen molar-refractivity contribution in [3.8, 4) is 11.1 Å². The molecule has 1 fully saturated rings. The first-order valence-electron chi connectivity index (χ1n) is 7.23. The van der Waals surface area contributed by atoms with Crippen LogP contribution in [0.5, 0.6) is 0 Å². The molecule has 2 heteroatoms. The lowest BCUT2D eigenvalue weighted by molar-refractivity contribution is 0.587. The Morgan fingerprint density at radius 1 is 1.10 bits per heavy atom. The van der Waals surface area contributed by atoms with E-state index in [-0.39, 0.29) is 5.82 Å². The van der Waals surface area contributed by atoms with Gasteiger partial charge in [-0.15, -0.1) is 0 Å². The largest absolute Gasteiger partial charge is 0.310 e. The summed E-state index contributed by atoms with van der Waals surface area (Å²) < 4.78 is 14.2. The highest BCUT2D eigenvalue weighted by molar-refractivity contribution is 5.68. The third-order valence-electron chi connectivity index (χ3n) is 3.90. The standard InChI is InChI=1S/C18H20FN/c1-12-3-8-17(13(2)9-12)14-4-5-15(18(19)10-14)11-20-16-6-7-16/h3-5,8-10,16,20H,6-7,11H2,1-2H3. The molecule has 0 bridgehead atoms. The van der Waals surface area contributed by atoms with Crippen LogP contribution in [0, 0.1) is 19.7 Å². The number of rotatable bonds is 4. The third kappa shape index (κ3) is 2.91. The molecule has 1 nitrogen and oxygen atoms in total. The average Bonchev–Trinajstić information content (AvgIpc) is 3.21. The van der Waals surface area contributed by atoms with Crippen molar-refractivity contribution in [3.05, 3.63) is 58.9 Å². The second-order valence-electron chi connectivity index (χ2n) is 5.78. The fourth-order valence-corrected chi connectivity index (χ4v) is 2.54. The first-order chi connectivity index (χ1) is 9.63. The fraction of sp³-hybridized carbons (Fsp3) is 0.333. The van der Waals surface area contributed by atoms with Gasteiger partial charge in [0, 0.05) is 18.2 Å². The van der Waals surface area contributed by atoms with Gasteiger partial charge in [0.1, 0.15) is 5.82 Å². The minimum Gasteiger partial charge on any atom is -0.310 e. The summed E-state index contributed by atoms with van der Waals surface area (Å²) in [5, 5.41) is 3.35. The Bertz CT molecular complexity index is 629. The number of nitrogens with one attached hydrogen (secondary N) is 1. The first kappa shape index (κ1) is 13.3. The van der Waals surface area contributed by atoms with Crippen LogP contribution in [0.15, 0.2) is 36.4 Å². The van der Waals surface area contributed by atoms with Gasteiger partial charge in [-0.2, -0.15) is 0 Å². The van der Waals surface area contributed by atoms with E-state index in [1.54, 1.807) is 6.07 Å². The number of aryl methyl sites for hydroxylation is 2. The minimum absolute atomic E-state index is 0.115. The Hall–Kier alpha value is -1.67. The van der Waals surface area contributed by atoms with E-state index >= 15 is 0 Å². The molecule has 1 aliphatic carbocycles. The van der Waals surface area contributed by atoms with Crippen molar-refractivity contribution >= 4 is 0 Å². The Morgan fingerprint density at radius 3 is 2.55 bits per heavy atom. The Labute approximate surface area is 119 Å². The van der Waals surface area contributed by atoms with E-state index in [1.807, 2.05) is 12.1 Å². The quantitative estimate of drug-likeness (QED) is 0.869. The zero-order chi connectivity index (χ0) is 14.1. The summed E-state index contributed by atoms with van der Waals surface area (Å²) in [4.78, 5) is 0. The van der Waals surface area contributed by atoms with Crippen LogP contribution in [0.2, 0.25) is 0 Å². The molecule has 1 saturated carbocycles. The molecule has 0 atom stereocenters. The molecule has 1 aliphatic rings. The number of halogens is 1. The fourth-order valence-electron chi connectivity index (χ4n) is 2.54. The summed E-state index contributed by atoms with van der Waals surface area (Å²) in [6.45, 7) is 4.77. The number of hydrogen-bond donors (Lipinski definition) is 1. The van der Waals surface area contributed by atoms with Gasteiger partial charge in [0.25, 0.3) is 0 Å². The Morgan fingerprint density at radius 2 is 1.90 bits per heavy atom. The van der Waals surface area contributed by atoms with Crippen LogP contribution in [0.4, 0.5) is 4.39 Å². The van der Waals surface area contributed by atoms with Crippen molar-refractivity contribution in [2.24, 2.45) is 0 Å². The maximum Gasteiger partial charge on any atom is 0.128 e.